The van der Waals surface area contributed by atoms with Crippen LogP contribution in [0.2, 0.25) is 0 Å². The third-order valence-corrected chi connectivity index (χ3v) is 4.04. The van der Waals surface area contributed by atoms with Crippen LogP contribution in [0.25, 0.3) is 0 Å². The number of sulfonamides is 1. The molecule has 0 atom stereocenters. The van der Waals surface area contributed by atoms with Crippen molar-refractivity contribution in [3.8, 4) is 0 Å². The highest BCUT2D eigenvalue weighted by atomic mass is 32.2. The highest BCUT2D eigenvalue weighted by Crippen LogP contribution is 2.10. The van der Waals surface area contributed by atoms with Gasteiger partial charge in [-0.15, -0.1) is 0 Å². The number of nitrogens with zero attached hydrogens (tertiary/aromatic N) is 1. The molecule has 0 aliphatic heterocycles. The van der Waals surface area contributed by atoms with Gasteiger partial charge in [-0.05, 0) is 38.6 Å². The molecule has 7 heteroatoms. The standard InChI is InChI=1S/C13H22N4O2S/c1-4-15-13(16-5-2)17-10-11-6-8-12(9-7-11)20(18,19)14-3/h6-9,14H,4-5,10H2,1-3H3,(H2,15,16,17). The van der Waals surface area contributed by atoms with Gasteiger partial charge in [0.1, 0.15) is 0 Å². The van der Waals surface area contributed by atoms with E-state index >= 15 is 0 Å². The summed E-state index contributed by atoms with van der Waals surface area (Å²) in [6.45, 7) is 6.10. The van der Waals surface area contributed by atoms with Crippen molar-refractivity contribution < 1.29 is 8.42 Å². The van der Waals surface area contributed by atoms with Crippen molar-refractivity contribution >= 4 is 16.0 Å². The van der Waals surface area contributed by atoms with Crippen LogP contribution in [0, 0.1) is 0 Å². The normalized spacial score (nSPS) is 10.9. The summed E-state index contributed by atoms with van der Waals surface area (Å²) in [7, 11) is -1.98. The molecule has 0 saturated carbocycles. The summed E-state index contributed by atoms with van der Waals surface area (Å²) in [6.07, 6.45) is 0. The molecular weight excluding hydrogens is 276 g/mol. The van der Waals surface area contributed by atoms with Crippen molar-refractivity contribution in [1.82, 2.24) is 15.4 Å². The zero-order valence-corrected chi connectivity index (χ0v) is 12.9. The van der Waals surface area contributed by atoms with Crippen molar-refractivity contribution in [2.24, 2.45) is 4.99 Å². The van der Waals surface area contributed by atoms with Gasteiger partial charge in [-0.2, -0.15) is 0 Å². The van der Waals surface area contributed by atoms with E-state index in [1.165, 1.54) is 7.05 Å². The summed E-state index contributed by atoms with van der Waals surface area (Å²) in [6, 6.07) is 6.69. The molecule has 20 heavy (non-hydrogen) atoms. The van der Waals surface area contributed by atoms with Crippen LogP contribution in [0.1, 0.15) is 19.4 Å². The molecule has 0 amide bonds. The number of nitrogens with one attached hydrogen (secondary N) is 3. The minimum absolute atomic E-state index is 0.256. The van der Waals surface area contributed by atoms with Gasteiger partial charge < -0.3 is 10.6 Å². The second-order valence-electron chi connectivity index (χ2n) is 4.08. The van der Waals surface area contributed by atoms with Crippen LogP contribution in [-0.4, -0.2) is 34.5 Å². The Kier molecular flexibility index (Phi) is 6.47. The zero-order chi connectivity index (χ0) is 15.0. The molecule has 0 saturated heterocycles. The molecule has 0 bridgehead atoms. The zero-order valence-electron chi connectivity index (χ0n) is 12.1. The summed E-state index contributed by atoms with van der Waals surface area (Å²) in [4.78, 5) is 4.67. The van der Waals surface area contributed by atoms with Gasteiger partial charge in [0.05, 0.1) is 11.4 Å². The van der Waals surface area contributed by atoms with E-state index in [0.717, 1.165) is 24.6 Å². The average molecular weight is 298 g/mol. The maximum atomic E-state index is 11.6. The quantitative estimate of drug-likeness (QED) is 0.532. The molecule has 0 unspecified atom stereocenters. The number of hydrogen-bond acceptors (Lipinski definition) is 3. The Balaban J connectivity index is 2.77. The molecule has 3 N–H and O–H groups in total. The summed E-state index contributed by atoms with van der Waals surface area (Å²) in [5, 5.41) is 6.26. The highest BCUT2D eigenvalue weighted by Gasteiger charge is 2.10. The van der Waals surface area contributed by atoms with Gasteiger partial charge in [0.2, 0.25) is 10.0 Å². The fourth-order valence-corrected chi connectivity index (χ4v) is 2.30. The lowest BCUT2D eigenvalue weighted by atomic mass is 10.2. The fourth-order valence-electron chi connectivity index (χ4n) is 1.57. The van der Waals surface area contributed by atoms with Gasteiger partial charge in [-0.25, -0.2) is 18.1 Å². The molecule has 112 valence electrons. The predicted molar refractivity (Wildman–Crippen MR) is 81.2 cm³/mol. The molecule has 0 aliphatic rings. The Morgan fingerprint density at radius 3 is 2.10 bits per heavy atom. The van der Waals surface area contributed by atoms with E-state index in [1.54, 1.807) is 24.3 Å². The summed E-state index contributed by atoms with van der Waals surface area (Å²) < 4.78 is 25.5. The lowest BCUT2D eigenvalue weighted by Crippen LogP contribution is -2.36. The maximum absolute atomic E-state index is 11.6. The molecular formula is C13H22N4O2S. The summed E-state index contributed by atoms with van der Waals surface area (Å²) in [5.41, 5.74) is 0.952. The minimum Gasteiger partial charge on any atom is -0.357 e. The fraction of sp³-hybridized carbons (Fsp3) is 0.462. The van der Waals surface area contributed by atoms with Crippen LogP contribution in [0.5, 0.6) is 0 Å². The minimum atomic E-state index is -3.37. The molecule has 1 aromatic carbocycles. The molecule has 1 rings (SSSR count). The molecule has 1 aromatic rings. The SMILES string of the molecule is CCNC(=NCc1ccc(S(=O)(=O)NC)cc1)NCC. The molecule has 6 nitrogen and oxygen atoms in total. The monoisotopic (exact) mass is 298 g/mol. The Morgan fingerprint density at radius 1 is 1.10 bits per heavy atom. The Morgan fingerprint density at radius 2 is 1.65 bits per heavy atom. The highest BCUT2D eigenvalue weighted by molar-refractivity contribution is 7.89. The third kappa shape index (κ3) is 4.82. The number of aliphatic imine (C=N–C) groups is 1. The molecule has 0 fully saturated rings. The first-order valence-electron chi connectivity index (χ1n) is 6.58. The van der Waals surface area contributed by atoms with E-state index in [2.05, 4.69) is 20.3 Å². The molecule has 0 spiro atoms. The molecule has 0 aliphatic carbocycles. The van der Waals surface area contributed by atoms with Crippen LogP contribution in [0.4, 0.5) is 0 Å². The third-order valence-electron chi connectivity index (χ3n) is 2.61. The van der Waals surface area contributed by atoms with Gasteiger partial charge in [0.25, 0.3) is 0 Å². The number of benzene rings is 1. The van der Waals surface area contributed by atoms with Crippen LogP contribution in [0.15, 0.2) is 34.2 Å². The molecule has 0 radical (unpaired) electrons. The van der Waals surface area contributed by atoms with Gasteiger partial charge in [-0.3, -0.25) is 0 Å². The van der Waals surface area contributed by atoms with E-state index in [-0.39, 0.29) is 4.90 Å². The number of rotatable bonds is 6. The van der Waals surface area contributed by atoms with E-state index < -0.39 is 10.0 Å². The Hall–Kier alpha value is -1.60. The first-order chi connectivity index (χ1) is 9.53. The van der Waals surface area contributed by atoms with Gasteiger partial charge in [-0.1, -0.05) is 12.1 Å². The van der Waals surface area contributed by atoms with E-state index in [4.69, 9.17) is 0 Å². The van der Waals surface area contributed by atoms with Crippen molar-refractivity contribution in [1.29, 1.82) is 0 Å². The van der Waals surface area contributed by atoms with Crippen LogP contribution < -0.4 is 15.4 Å². The molecule has 0 aromatic heterocycles. The van der Waals surface area contributed by atoms with Crippen molar-refractivity contribution in [3.63, 3.8) is 0 Å². The van der Waals surface area contributed by atoms with E-state index in [9.17, 15) is 8.42 Å². The Bertz CT molecular complexity index is 530. The number of guanidine groups is 1. The Labute approximate surface area is 120 Å². The van der Waals surface area contributed by atoms with E-state index in [0.29, 0.717) is 6.54 Å². The maximum Gasteiger partial charge on any atom is 0.240 e. The van der Waals surface area contributed by atoms with Crippen molar-refractivity contribution in [2.45, 2.75) is 25.3 Å². The van der Waals surface area contributed by atoms with E-state index in [1.807, 2.05) is 13.8 Å². The van der Waals surface area contributed by atoms with Crippen molar-refractivity contribution in [2.75, 3.05) is 20.1 Å². The summed E-state index contributed by atoms with van der Waals surface area (Å²) in [5.74, 6) is 0.752. The first-order valence-corrected chi connectivity index (χ1v) is 8.06. The lowest BCUT2D eigenvalue weighted by molar-refractivity contribution is 0.588. The largest absolute Gasteiger partial charge is 0.357 e. The van der Waals surface area contributed by atoms with Crippen LogP contribution >= 0.6 is 0 Å². The molecule has 0 heterocycles. The smallest absolute Gasteiger partial charge is 0.240 e. The number of hydrogen-bond donors (Lipinski definition) is 3. The predicted octanol–water partition coefficient (Wildman–Crippen LogP) is 0.670. The lowest BCUT2D eigenvalue weighted by Gasteiger charge is -2.09. The van der Waals surface area contributed by atoms with Gasteiger partial charge >= 0.3 is 0 Å². The van der Waals surface area contributed by atoms with Crippen LogP contribution in [0.3, 0.4) is 0 Å². The summed E-state index contributed by atoms with van der Waals surface area (Å²) >= 11 is 0. The topological polar surface area (TPSA) is 82.6 Å². The van der Waals surface area contributed by atoms with Crippen molar-refractivity contribution in [3.05, 3.63) is 29.8 Å². The second kappa shape index (κ2) is 7.86. The van der Waals surface area contributed by atoms with Gasteiger partial charge in [0, 0.05) is 13.1 Å². The average Bonchev–Trinajstić information content (AvgIpc) is 2.46. The first kappa shape index (κ1) is 16.5. The second-order valence-corrected chi connectivity index (χ2v) is 5.96. The van der Waals surface area contributed by atoms with Crippen LogP contribution in [-0.2, 0) is 16.6 Å². The van der Waals surface area contributed by atoms with Gasteiger partial charge in [0.15, 0.2) is 5.96 Å².